The van der Waals surface area contributed by atoms with Crippen LogP contribution in [-0.2, 0) is 11.3 Å². The van der Waals surface area contributed by atoms with Crippen molar-refractivity contribution >= 4 is 0 Å². The van der Waals surface area contributed by atoms with Gasteiger partial charge in [-0.2, -0.15) is 10.4 Å². The minimum Gasteiger partial charge on any atom is -0.381 e. The van der Waals surface area contributed by atoms with Crippen LogP contribution in [0.4, 0.5) is 0 Å². The first-order chi connectivity index (χ1) is 15.5. The van der Waals surface area contributed by atoms with Crippen LogP contribution in [0.1, 0.15) is 84.1 Å². The quantitative estimate of drug-likeness (QED) is 0.524. The van der Waals surface area contributed by atoms with Crippen molar-refractivity contribution in [1.82, 2.24) is 9.78 Å². The molecule has 5 rings (SSSR count). The van der Waals surface area contributed by atoms with Crippen LogP contribution >= 0.6 is 0 Å². The maximum atomic E-state index is 9.13. The molecule has 0 radical (unpaired) electrons. The molecule has 0 saturated heterocycles. The van der Waals surface area contributed by atoms with Crippen LogP contribution in [0.15, 0.2) is 12.4 Å². The lowest BCUT2D eigenvalue weighted by molar-refractivity contribution is -0.0786. The molecule has 1 aromatic rings. The summed E-state index contributed by atoms with van der Waals surface area (Å²) in [5.74, 6) is 7.13. The van der Waals surface area contributed by atoms with Crippen LogP contribution in [-0.4, -0.2) is 23.0 Å². The van der Waals surface area contributed by atoms with E-state index < -0.39 is 0 Å². The van der Waals surface area contributed by atoms with Gasteiger partial charge in [0, 0.05) is 26.0 Å². The Morgan fingerprint density at radius 2 is 2.00 bits per heavy atom. The topological polar surface area (TPSA) is 50.8 Å². The first-order valence-corrected chi connectivity index (χ1v) is 13.5. The number of fused-ring (bicyclic) bond motifs is 5. The molecule has 0 aromatic carbocycles. The summed E-state index contributed by atoms with van der Waals surface area (Å²) < 4.78 is 7.80. The summed E-state index contributed by atoms with van der Waals surface area (Å²) in [6.45, 7) is 10.0. The SMILES string of the molecule is CCOC[C@H]1CC[C@H]2[C@H](CC[C@@H]3[C@@H]2CC[C@]2(C)[C@@H]([C@@H](C)Cn4cc(C#N)cn4)CC[C@@H]32)C1. The lowest BCUT2D eigenvalue weighted by Gasteiger charge is -2.57. The molecule has 0 bridgehead atoms. The summed E-state index contributed by atoms with van der Waals surface area (Å²) in [7, 11) is 0. The van der Waals surface area contributed by atoms with Crippen LogP contribution in [0.25, 0.3) is 0 Å². The molecule has 9 atom stereocenters. The van der Waals surface area contributed by atoms with Crippen molar-refractivity contribution in [2.75, 3.05) is 13.2 Å². The van der Waals surface area contributed by atoms with E-state index >= 15 is 0 Å². The van der Waals surface area contributed by atoms with Crippen LogP contribution in [0.3, 0.4) is 0 Å². The number of hydrogen-bond acceptors (Lipinski definition) is 3. The van der Waals surface area contributed by atoms with Gasteiger partial charge in [0.2, 0.25) is 0 Å². The lowest BCUT2D eigenvalue weighted by Crippen LogP contribution is -2.49. The van der Waals surface area contributed by atoms with Crippen LogP contribution in [0.5, 0.6) is 0 Å². The average molecular weight is 438 g/mol. The molecule has 0 N–H and O–H groups in total. The summed E-state index contributed by atoms with van der Waals surface area (Å²) in [6, 6.07) is 2.22. The number of hydrogen-bond donors (Lipinski definition) is 0. The molecule has 1 aromatic heterocycles. The predicted molar refractivity (Wildman–Crippen MR) is 127 cm³/mol. The Labute approximate surface area is 195 Å². The summed E-state index contributed by atoms with van der Waals surface area (Å²) >= 11 is 0. The summed E-state index contributed by atoms with van der Waals surface area (Å²) in [4.78, 5) is 0. The van der Waals surface area contributed by atoms with E-state index in [9.17, 15) is 0 Å². The van der Waals surface area contributed by atoms with Crippen molar-refractivity contribution in [2.45, 2.75) is 85.1 Å². The van der Waals surface area contributed by atoms with Gasteiger partial charge in [0.1, 0.15) is 6.07 Å². The number of nitrogens with zero attached hydrogens (tertiary/aromatic N) is 3. The zero-order valence-electron chi connectivity index (χ0n) is 20.5. The van der Waals surface area contributed by atoms with Crippen LogP contribution < -0.4 is 0 Å². The van der Waals surface area contributed by atoms with Crippen LogP contribution in [0, 0.1) is 64.1 Å². The van der Waals surface area contributed by atoms with Gasteiger partial charge < -0.3 is 4.74 Å². The second-order valence-corrected chi connectivity index (χ2v) is 12.0. The smallest absolute Gasteiger partial charge is 0.102 e. The molecule has 0 spiro atoms. The molecular weight excluding hydrogens is 394 g/mol. The van der Waals surface area contributed by atoms with Crippen molar-refractivity contribution in [2.24, 2.45) is 52.8 Å². The number of ether oxygens (including phenoxy) is 1. The molecule has 4 fully saturated rings. The van der Waals surface area contributed by atoms with Gasteiger partial charge in [0.05, 0.1) is 11.8 Å². The monoisotopic (exact) mass is 437 g/mol. The first-order valence-electron chi connectivity index (χ1n) is 13.5. The Kier molecular flexibility index (Phi) is 6.41. The van der Waals surface area contributed by atoms with Gasteiger partial charge in [-0.15, -0.1) is 0 Å². The minimum absolute atomic E-state index is 0.505. The molecule has 4 aliphatic carbocycles. The van der Waals surface area contributed by atoms with E-state index in [1.165, 1.54) is 57.8 Å². The number of nitriles is 1. The maximum absolute atomic E-state index is 9.13. The fraction of sp³-hybridized carbons (Fsp3) is 0.857. The van der Waals surface area contributed by atoms with Crippen molar-refractivity contribution < 1.29 is 4.74 Å². The Morgan fingerprint density at radius 3 is 2.78 bits per heavy atom. The second kappa shape index (κ2) is 9.13. The molecule has 176 valence electrons. The van der Waals surface area contributed by atoms with Crippen molar-refractivity contribution in [1.29, 1.82) is 5.26 Å². The van der Waals surface area contributed by atoms with Crippen molar-refractivity contribution in [3.05, 3.63) is 18.0 Å². The third kappa shape index (κ3) is 3.93. The Balaban J connectivity index is 1.24. The third-order valence-electron chi connectivity index (χ3n) is 10.6. The highest BCUT2D eigenvalue weighted by Crippen LogP contribution is 2.65. The zero-order valence-corrected chi connectivity index (χ0v) is 20.5. The van der Waals surface area contributed by atoms with E-state index in [1.54, 1.807) is 6.20 Å². The highest BCUT2D eigenvalue weighted by atomic mass is 16.5. The van der Waals surface area contributed by atoms with Crippen LogP contribution in [0.2, 0.25) is 0 Å². The molecule has 1 heterocycles. The first kappa shape index (κ1) is 22.5. The number of aromatic nitrogens is 2. The van der Waals surface area contributed by atoms with E-state index in [4.69, 9.17) is 10.00 Å². The van der Waals surface area contributed by atoms with Gasteiger partial charge >= 0.3 is 0 Å². The third-order valence-corrected chi connectivity index (χ3v) is 10.6. The van der Waals surface area contributed by atoms with Gasteiger partial charge in [-0.3, -0.25) is 4.68 Å². The highest BCUT2D eigenvalue weighted by Gasteiger charge is 2.57. The van der Waals surface area contributed by atoms with E-state index in [0.29, 0.717) is 16.9 Å². The van der Waals surface area contributed by atoms with E-state index in [0.717, 1.165) is 61.2 Å². The van der Waals surface area contributed by atoms with Gasteiger partial charge in [-0.25, -0.2) is 0 Å². The van der Waals surface area contributed by atoms with E-state index in [1.807, 2.05) is 10.9 Å². The Morgan fingerprint density at radius 1 is 1.16 bits per heavy atom. The molecule has 32 heavy (non-hydrogen) atoms. The largest absolute Gasteiger partial charge is 0.381 e. The Bertz CT molecular complexity index is 827. The van der Waals surface area contributed by atoms with Gasteiger partial charge in [-0.1, -0.05) is 13.8 Å². The number of rotatable bonds is 6. The summed E-state index contributed by atoms with van der Waals surface area (Å²) in [5, 5.41) is 13.6. The molecule has 4 saturated carbocycles. The second-order valence-electron chi connectivity index (χ2n) is 12.0. The van der Waals surface area contributed by atoms with Crippen molar-refractivity contribution in [3.63, 3.8) is 0 Å². The van der Waals surface area contributed by atoms with Gasteiger partial charge in [-0.05, 0) is 117 Å². The highest BCUT2D eigenvalue weighted by molar-refractivity contribution is 5.21. The molecule has 0 unspecified atom stereocenters. The molecule has 4 nitrogen and oxygen atoms in total. The fourth-order valence-corrected chi connectivity index (χ4v) is 9.31. The predicted octanol–water partition coefficient (Wildman–Crippen LogP) is 6.31. The summed E-state index contributed by atoms with van der Waals surface area (Å²) in [6.07, 6.45) is 16.6. The maximum Gasteiger partial charge on any atom is 0.102 e. The van der Waals surface area contributed by atoms with Gasteiger partial charge in [0.15, 0.2) is 0 Å². The van der Waals surface area contributed by atoms with Crippen molar-refractivity contribution in [3.8, 4) is 6.07 Å². The zero-order chi connectivity index (χ0) is 22.3. The minimum atomic E-state index is 0.505. The van der Waals surface area contributed by atoms with E-state index in [-0.39, 0.29) is 0 Å². The van der Waals surface area contributed by atoms with E-state index in [2.05, 4.69) is 31.9 Å². The molecule has 0 amide bonds. The normalized spacial score (nSPS) is 41.9. The molecule has 4 heteroatoms. The average Bonchev–Trinajstić information content (AvgIpc) is 3.40. The molecular formula is C28H43N3O. The fourth-order valence-electron chi connectivity index (χ4n) is 9.31. The standard InChI is InChI=1S/C28H43N3O/c1-4-32-18-20-5-7-23-22(13-20)6-8-25-24(23)11-12-28(3)26(9-10-27(25)28)19(2)16-31-17-21(14-29)15-30-31/h15,17,19-20,22-27H,4-13,16,18H2,1-3H3/t19-,20-,22+,23-,24+,25+,26+,27-,28+/m0/s1. The molecule has 4 aliphatic rings. The lowest BCUT2D eigenvalue weighted by atomic mass is 9.49. The molecule has 0 aliphatic heterocycles. The Hall–Kier alpha value is -1.34. The van der Waals surface area contributed by atoms with Gasteiger partial charge in [0.25, 0.3) is 0 Å². The summed E-state index contributed by atoms with van der Waals surface area (Å²) in [5.41, 5.74) is 1.19.